The van der Waals surface area contributed by atoms with E-state index < -0.39 is 16.1 Å². The maximum absolute atomic E-state index is 12.0. The predicted octanol–water partition coefficient (Wildman–Crippen LogP) is 2.76. The van der Waals surface area contributed by atoms with Gasteiger partial charge in [-0.1, -0.05) is 24.3 Å². The lowest BCUT2D eigenvalue weighted by molar-refractivity contribution is 0.184. The minimum absolute atomic E-state index is 0. The number of halogens is 1. The first-order valence-corrected chi connectivity index (χ1v) is 11.8. The Kier molecular flexibility index (Phi) is 9.30. The lowest BCUT2D eigenvalue weighted by Gasteiger charge is -2.14. The molecule has 1 atom stereocenters. The second-order valence-corrected chi connectivity index (χ2v) is 9.97. The molecule has 2 aromatic heterocycles. The lowest BCUT2D eigenvalue weighted by Crippen LogP contribution is -2.42. The number of hydrogen-bond donors (Lipinski definition) is 4. The molecule has 1 unspecified atom stereocenters. The van der Waals surface area contributed by atoms with Crippen LogP contribution in [0.1, 0.15) is 11.0 Å². The molecule has 0 fully saturated rings. The average Bonchev–Trinajstić information content (AvgIpc) is 3.37. The van der Waals surface area contributed by atoms with Crippen LogP contribution in [-0.2, 0) is 10.0 Å². The number of rotatable bonds is 8. The highest BCUT2D eigenvalue weighted by Crippen LogP contribution is 2.29. The van der Waals surface area contributed by atoms with Gasteiger partial charge in [0.15, 0.2) is 5.96 Å². The van der Waals surface area contributed by atoms with Crippen LogP contribution in [-0.4, -0.2) is 46.2 Å². The van der Waals surface area contributed by atoms with Gasteiger partial charge in [-0.25, -0.2) is 13.1 Å². The standard InChI is InChI=1S/C18H22N4O3S3.HI/c1-19-18(20-8-9-22-28(24,25)17-7-4-10-26-17)21-12-14(23)16-11-13-5-2-3-6-15(13)27-16;/h2-7,10-11,14,22-23H,8-9,12H2,1H3,(H2,19,20,21);1H. The number of aliphatic imine (C=N–C) groups is 1. The van der Waals surface area contributed by atoms with Gasteiger partial charge in [-0.15, -0.1) is 46.7 Å². The van der Waals surface area contributed by atoms with Gasteiger partial charge in [0.25, 0.3) is 0 Å². The molecule has 4 N–H and O–H groups in total. The van der Waals surface area contributed by atoms with Crippen LogP contribution in [0.5, 0.6) is 0 Å². The van der Waals surface area contributed by atoms with Gasteiger partial charge in [0.05, 0.1) is 0 Å². The Morgan fingerprint density at radius 3 is 2.66 bits per heavy atom. The second-order valence-electron chi connectivity index (χ2n) is 5.91. The SMILES string of the molecule is CN=C(NCCNS(=O)(=O)c1cccs1)NCC(O)c1cc2ccccc2s1.I. The molecule has 7 nitrogen and oxygen atoms in total. The van der Waals surface area contributed by atoms with Crippen molar-refractivity contribution in [2.24, 2.45) is 4.99 Å². The van der Waals surface area contributed by atoms with Gasteiger partial charge >= 0.3 is 0 Å². The maximum Gasteiger partial charge on any atom is 0.250 e. The van der Waals surface area contributed by atoms with Crippen LogP contribution in [0.25, 0.3) is 10.1 Å². The summed E-state index contributed by atoms with van der Waals surface area (Å²) in [5, 5.41) is 19.3. The Labute approximate surface area is 195 Å². The molecule has 0 saturated carbocycles. The minimum Gasteiger partial charge on any atom is -0.386 e. The molecule has 3 rings (SSSR count). The minimum atomic E-state index is -3.47. The predicted molar refractivity (Wildman–Crippen MR) is 131 cm³/mol. The van der Waals surface area contributed by atoms with Crippen molar-refractivity contribution in [1.29, 1.82) is 0 Å². The monoisotopic (exact) mass is 566 g/mol. The van der Waals surface area contributed by atoms with Crippen LogP contribution in [0.2, 0.25) is 0 Å². The van der Waals surface area contributed by atoms with Crippen molar-refractivity contribution in [3.8, 4) is 0 Å². The third-order valence-electron chi connectivity index (χ3n) is 3.93. The molecule has 0 aliphatic carbocycles. The number of guanidine groups is 1. The molecule has 0 spiro atoms. The Balaban J connectivity index is 0.00000300. The molecule has 158 valence electrons. The van der Waals surface area contributed by atoms with Crippen LogP contribution in [0.3, 0.4) is 0 Å². The number of aliphatic hydroxyl groups is 1. The van der Waals surface area contributed by atoms with Gasteiger partial charge in [0, 0.05) is 36.3 Å². The molecule has 2 heterocycles. The Hall–Kier alpha value is -1.25. The first-order valence-electron chi connectivity index (χ1n) is 8.64. The summed E-state index contributed by atoms with van der Waals surface area (Å²) in [6.07, 6.45) is -0.659. The molecular formula is C18H23IN4O3S3. The third-order valence-corrected chi connectivity index (χ3v) is 8.00. The number of fused-ring (bicyclic) bond motifs is 1. The topological polar surface area (TPSA) is 103 Å². The van der Waals surface area contributed by atoms with Gasteiger partial charge in [-0.2, -0.15) is 0 Å². The largest absolute Gasteiger partial charge is 0.386 e. The number of nitrogens with one attached hydrogen (secondary N) is 3. The van der Waals surface area contributed by atoms with Crippen molar-refractivity contribution in [1.82, 2.24) is 15.4 Å². The smallest absolute Gasteiger partial charge is 0.250 e. The third kappa shape index (κ3) is 6.62. The number of benzene rings is 1. The van der Waals surface area contributed by atoms with Crippen LogP contribution in [0.15, 0.2) is 57.0 Å². The highest BCUT2D eigenvalue weighted by molar-refractivity contribution is 14.0. The van der Waals surface area contributed by atoms with E-state index in [0.717, 1.165) is 15.0 Å². The summed E-state index contributed by atoms with van der Waals surface area (Å²) in [6.45, 7) is 0.885. The molecule has 11 heteroatoms. The first kappa shape index (κ1) is 24.0. The summed E-state index contributed by atoms with van der Waals surface area (Å²) in [7, 11) is -1.84. The summed E-state index contributed by atoms with van der Waals surface area (Å²) in [6, 6.07) is 13.3. The van der Waals surface area contributed by atoms with Crippen molar-refractivity contribution >= 4 is 72.7 Å². The summed E-state index contributed by atoms with van der Waals surface area (Å²) in [4.78, 5) is 4.97. The Bertz CT molecular complexity index is 1000. The zero-order chi connectivity index (χ0) is 20.0. The van der Waals surface area contributed by atoms with Crippen LogP contribution in [0, 0.1) is 0 Å². The number of aliphatic hydroxyl groups excluding tert-OH is 1. The van der Waals surface area contributed by atoms with Crippen molar-refractivity contribution < 1.29 is 13.5 Å². The van der Waals surface area contributed by atoms with Crippen LogP contribution >= 0.6 is 46.7 Å². The van der Waals surface area contributed by atoms with E-state index in [1.165, 1.54) is 11.3 Å². The molecule has 29 heavy (non-hydrogen) atoms. The molecule has 3 aromatic rings. The molecule has 0 saturated heterocycles. The van der Waals surface area contributed by atoms with Gasteiger partial charge in [-0.3, -0.25) is 4.99 Å². The van der Waals surface area contributed by atoms with Crippen molar-refractivity contribution in [3.05, 3.63) is 52.7 Å². The molecule has 0 aliphatic rings. The number of hydrogen-bond acceptors (Lipinski definition) is 6. The fourth-order valence-electron chi connectivity index (χ4n) is 2.54. The Morgan fingerprint density at radius 2 is 1.97 bits per heavy atom. The molecule has 0 amide bonds. The number of sulfonamides is 1. The number of nitrogens with zero attached hydrogens (tertiary/aromatic N) is 1. The molecule has 1 aromatic carbocycles. The summed E-state index contributed by atoms with van der Waals surface area (Å²) in [5.41, 5.74) is 0. The molecule has 0 radical (unpaired) electrons. The van der Waals surface area contributed by atoms with E-state index >= 15 is 0 Å². The zero-order valence-corrected chi connectivity index (χ0v) is 20.4. The van der Waals surface area contributed by atoms with Crippen LogP contribution in [0.4, 0.5) is 0 Å². The lowest BCUT2D eigenvalue weighted by atomic mass is 10.2. The van der Waals surface area contributed by atoms with Gasteiger partial charge in [0.1, 0.15) is 10.3 Å². The second kappa shape index (κ2) is 11.2. The van der Waals surface area contributed by atoms with Crippen LogP contribution < -0.4 is 15.4 Å². The first-order chi connectivity index (χ1) is 13.5. The van der Waals surface area contributed by atoms with E-state index in [9.17, 15) is 13.5 Å². The Morgan fingerprint density at radius 1 is 1.17 bits per heavy atom. The van der Waals surface area contributed by atoms with Crippen molar-refractivity contribution in [3.63, 3.8) is 0 Å². The molecule has 0 aliphatic heterocycles. The summed E-state index contributed by atoms with van der Waals surface area (Å²) < 4.78 is 28.1. The zero-order valence-electron chi connectivity index (χ0n) is 15.7. The van der Waals surface area contributed by atoms with E-state index in [1.54, 1.807) is 35.9 Å². The number of thiophene rings is 2. The normalized spacial score (nSPS) is 13.1. The summed E-state index contributed by atoms with van der Waals surface area (Å²) in [5.74, 6) is 0.496. The molecule has 0 bridgehead atoms. The van der Waals surface area contributed by atoms with E-state index in [2.05, 4.69) is 20.3 Å². The fraction of sp³-hybridized carbons (Fsp3) is 0.278. The van der Waals surface area contributed by atoms with Crippen molar-refractivity contribution in [2.75, 3.05) is 26.7 Å². The van der Waals surface area contributed by atoms with E-state index in [0.29, 0.717) is 23.3 Å². The van der Waals surface area contributed by atoms with E-state index in [-0.39, 0.29) is 30.5 Å². The fourth-order valence-corrected chi connectivity index (χ4v) is 5.65. The molecular weight excluding hydrogens is 543 g/mol. The van der Waals surface area contributed by atoms with Gasteiger partial charge in [-0.05, 0) is 29.0 Å². The quantitative estimate of drug-likeness (QED) is 0.145. The summed E-state index contributed by atoms with van der Waals surface area (Å²) >= 11 is 2.74. The average molecular weight is 567 g/mol. The maximum atomic E-state index is 12.0. The van der Waals surface area contributed by atoms with Crippen molar-refractivity contribution in [2.45, 2.75) is 10.3 Å². The highest BCUT2D eigenvalue weighted by Gasteiger charge is 2.14. The van der Waals surface area contributed by atoms with Gasteiger partial charge in [0.2, 0.25) is 10.0 Å². The van der Waals surface area contributed by atoms with E-state index in [1.807, 2.05) is 30.3 Å². The van der Waals surface area contributed by atoms with Gasteiger partial charge < -0.3 is 15.7 Å². The van der Waals surface area contributed by atoms with E-state index in [4.69, 9.17) is 0 Å². The highest BCUT2D eigenvalue weighted by atomic mass is 127.